The molecule has 0 bridgehead atoms. The summed E-state index contributed by atoms with van der Waals surface area (Å²) in [5.41, 5.74) is 3.49. The highest BCUT2D eigenvalue weighted by atomic mass is 16.5. The number of methoxy groups -OCH3 is 2. The summed E-state index contributed by atoms with van der Waals surface area (Å²) in [6.07, 6.45) is 0. The first-order valence-corrected chi connectivity index (χ1v) is 6.93. The molecule has 1 heterocycles. The highest BCUT2D eigenvalue weighted by molar-refractivity contribution is 6.07. The highest BCUT2D eigenvalue weighted by Gasteiger charge is 2.42. The van der Waals surface area contributed by atoms with Gasteiger partial charge < -0.3 is 9.47 Å². The van der Waals surface area contributed by atoms with Gasteiger partial charge in [0, 0.05) is 17.2 Å². The standard InChI is InChI=1S/C16H16N4O3/c1-9-13(16(21)20-19-9)14(10(7-17)8-18)11-5-4-6-12(22-2)15(11)23-3/h4-6,10,13-14H,1-3H3,(H,20,21)/t13-,14+/m1/s1. The maximum absolute atomic E-state index is 12.2. The van der Waals surface area contributed by atoms with E-state index < -0.39 is 17.8 Å². The van der Waals surface area contributed by atoms with Crippen LogP contribution in [-0.4, -0.2) is 25.8 Å². The Labute approximate surface area is 134 Å². The van der Waals surface area contributed by atoms with Crippen LogP contribution in [-0.2, 0) is 4.79 Å². The van der Waals surface area contributed by atoms with E-state index >= 15 is 0 Å². The molecule has 0 saturated heterocycles. The topological polar surface area (TPSA) is 108 Å². The largest absolute Gasteiger partial charge is 0.493 e. The van der Waals surface area contributed by atoms with E-state index in [9.17, 15) is 15.3 Å². The Kier molecular flexibility index (Phi) is 4.82. The Bertz CT molecular complexity index is 716. The molecule has 2 rings (SSSR count). The van der Waals surface area contributed by atoms with Crippen molar-refractivity contribution in [1.29, 1.82) is 10.5 Å². The summed E-state index contributed by atoms with van der Waals surface area (Å²) in [5.74, 6) is -1.91. The van der Waals surface area contributed by atoms with Crippen molar-refractivity contribution in [3.05, 3.63) is 23.8 Å². The molecule has 118 valence electrons. The zero-order valence-electron chi connectivity index (χ0n) is 13.0. The van der Waals surface area contributed by atoms with Crippen LogP contribution in [0.5, 0.6) is 11.5 Å². The number of rotatable bonds is 5. The number of benzene rings is 1. The summed E-state index contributed by atoms with van der Waals surface area (Å²) in [6.45, 7) is 1.69. The Hall–Kier alpha value is -3.06. The minimum atomic E-state index is -1.03. The lowest BCUT2D eigenvalue weighted by molar-refractivity contribution is -0.122. The number of hydrogen-bond acceptors (Lipinski definition) is 6. The molecule has 0 fully saturated rings. The van der Waals surface area contributed by atoms with Gasteiger partial charge in [-0.15, -0.1) is 0 Å². The smallest absolute Gasteiger partial charge is 0.249 e. The van der Waals surface area contributed by atoms with Crippen molar-refractivity contribution < 1.29 is 14.3 Å². The van der Waals surface area contributed by atoms with Crippen molar-refractivity contribution >= 4 is 11.6 Å². The maximum atomic E-state index is 12.2. The molecular formula is C16H16N4O3. The Morgan fingerprint density at radius 1 is 1.26 bits per heavy atom. The molecule has 0 aliphatic carbocycles. The summed E-state index contributed by atoms with van der Waals surface area (Å²) in [5, 5.41) is 22.6. The Balaban J connectivity index is 2.65. The summed E-state index contributed by atoms with van der Waals surface area (Å²) in [4.78, 5) is 12.2. The number of ether oxygens (including phenoxy) is 2. The first kappa shape index (κ1) is 16.3. The molecular weight excluding hydrogens is 296 g/mol. The maximum Gasteiger partial charge on any atom is 0.249 e. The van der Waals surface area contributed by atoms with E-state index in [1.54, 1.807) is 25.1 Å². The molecule has 0 radical (unpaired) electrons. The van der Waals surface area contributed by atoms with Crippen molar-refractivity contribution in [2.45, 2.75) is 12.8 Å². The number of carbonyl (C=O) groups excluding carboxylic acids is 1. The minimum Gasteiger partial charge on any atom is -0.493 e. The van der Waals surface area contributed by atoms with Crippen LogP contribution in [0.2, 0.25) is 0 Å². The second-order valence-corrected chi connectivity index (χ2v) is 5.05. The van der Waals surface area contributed by atoms with Crippen molar-refractivity contribution in [3.8, 4) is 23.6 Å². The molecule has 1 amide bonds. The van der Waals surface area contributed by atoms with E-state index in [0.717, 1.165) is 0 Å². The summed E-state index contributed by atoms with van der Waals surface area (Å²) >= 11 is 0. The van der Waals surface area contributed by atoms with Crippen LogP contribution in [0.4, 0.5) is 0 Å². The van der Waals surface area contributed by atoms with Crippen LogP contribution < -0.4 is 14.9 Å². The fraction of sp³-hybridized carbons (Fsp3) is 0.375. The molecule has 7 nitrogen and oxygen atoms in total. The van der Waals surface area contributed by atoms with Gasteiger partial charge in [-0.05, 0) is 13.0 Å². The Morgan fingerprint density at radius 3 is 2.43 bits per heavy atom. The lowest BCUT2D eigenvalue weighted by Gasteiger charge is -2.25. The molecule has 23 heavy (non-hydrogen) atoms. The van der Waals surface area contributed by atoms with E-state index in [2.05, 4.69) is 10.5 Å². The van der Waals surface area contributed by atoms with Gasteiger partial charge in [0.1, 0.15) is 5.92 Å². The zero-order valence-corrected chi connectivity index (χ0v) is 13.0. The number of para-hydroxylation sites is 1. The van der Waals surface area contributed by atoms with Gasteiger partial charge in [-0.25, -0.2) is 5.43 Å². The van der Waals surface area contributed by atoms with Gasteiger partial charge in [-0.3, -0.25) is 4.79 Å². The molecule has 7 heteroatoms. The second kappa shape index (κ2) is 6.80. The average molecular weight is 312 g/mol. The summed E-state index contributed by atoms with van der Waals surface area (Å²) in [7, 11) is 2.97. The van der Waals surface area contributed by atoms with Crippen molar-refractivity contribution in [3.63, 3.8) is 0 Å². The average Bonchev–Trinajstić information content (AvgIpc) is 2.90. The van der Waals surface area contributed by atoms with Gasteiger partial charge in [0.15, 0.2) is 11.5 Å². The number of nitriles is 2. The molecule has 1 aliphatic heterocycles. The molecule has 0 saturated carbocycles. The third-order valence-corrected chi connectivity index (χ3v) is 3.86. The zero-order chi connectivity index (χ0) is 17.0. The molecule has 1 aliphatic rings. The normalized spacial score (nSPS) is 17.7. The van der Waals surface area contributed by atoms with E-state index in [4.69, 9.17) is 9.47 Å². The molecule has 2 atom stereocenters. The third-order valence-electron chi connectivity index (χ3n) is 3.86. The first-order chi connectivity index (χ1) is 11.1. The third kappa shape index (κ3) is 2.82. The number of amides is 1. The monoisotopic (exact) mass is 312 g/mol. The molecule has 0 aromatic heterocycles. The van der Waals surface area contributed by atoms with Crippen LogP contribution in [0.15, 0.2) is 23.3 Å². The molecule has 0 spiro atoms. The van der Waals surface area contributed by atoms with Crippen LogP contribution in [0.1, 0.15) is 18.4 Å². The number of nitrogens with one attached hydrogen (secondary N) is 1. The van der Waals surface area contributed by atoms with Crippen LogP contribution in [0.3, 0.4) is 0 Å². The molecule has 0 unspecified atom stereocenters. The van der Waals surface area contributed by atoms with Gasteiger partial charge in [0.25, 0.3) is 0 Å². The fourth-order valence-corrected chi connectivity index (χ4v) is 2.81. The van der Waals surface area contributed by atoms with Crippen molar-refractivity contribution in [1.82, 2.24) is 5.43 Å². The van der Waals surface area contributed by atoms with Crippen LogP contribution in [0, 0.1) is 34.5 Å². The van der Waals surface area contributed by atoms with Crippen molar-refractivity contribution in [2.24, 2.45) is 16.9 Å². The Morgan fingerprint density at radius 2 is 1.96 bits per heavy atom. The van der Waals surface area contributed by atoms with E-state index in [1.165, 1.54) is 14.2 Å². The van der Waals surface area contributed by atoms with Gasteiger partial charge in [-0.2, -0.15) is 15.6 Å². The molecule has 1 aromatic carbocycles. The number of nitrogens with zero attached hydrogens (tertiary/aromatic N) is 3. The van der Waals surface area contributed by atoms with Gasteiger partial charge in [0.2, 0.25) is 5.91 Å². The van der Waals surface area contributed by atoms with Crippen molar-refractivity contribution in [2.75, 3.05) is 14.2 Å². The fourth-order valence-electron chi connectivity index (χ4n) is 2.81. The quantitative estimate of drug-likeness (QED) is 0.888. The lowest BCUT2D eigenvalue weighted by Crippen LogP contribution is -2.32. The lowest BCUT2D eigenvalue weighted by atomic mass is 9.75. The first-order valence-electron chi connectivity index (χ1n) is 6.93. The number of hydrogen-bond donors (Lipinski definition) is 1. The molecule has 1 aromatic rings. The molecule has 1 N–H and O–H groups in total. The number of carbonyl (C=O) groups is 1. The second-order valence-electron chi connectivity index (χ2n) is 5.05. The SMILES string of the molecule is COc1cccc([C@H](C(C#N)C#N)[C@@H]2C(=O)NN=C2C)c1OC. The highest BCUT2D eigenvalue weighted by Crippen LogP contribution is 2.43. The van der Waals surface area contributed by atoms with E-state index in [0.29, 0.717) is 22.8 Å². The van der Waals surface area contributed by atoms with Crippen LogP contribution in [0.25, 0.3) is 0 Å². The predicted octanol–water partition coefficient (Wildman–Crippen LogP) is 1.57. The summed E-state index contributed by atoms with van der Waals surface area (Å²) in [6, 6.07) is 9.10. The minimum absolute atomic E-state index is 0.340. The van der Waals surface area contributed by atoms with Crippen LogP contribution >= 0.6 is 0 Å². The van der Waals surface area contributed by atoms with E-state index in [1.807, 2.05) is 12.1 Å². The summed E-state index contributed by atoms with van der Waals surface area (Å²) < 4.78 is 10.7. The number of hydrazone groups is 1. The van der Waals surface area contributed by atoms with Gasteiger partial charge in [-0.1, -0.05) is 12.1 Å². The predicted molar refractivity (Wildman–Crippen MR) is 81.7 cm³/mol. The van der Waals surface area contributed by atoms with Gasteiger partial charge in [0.05, 0.1) is 32.3 Å². The van der Waals surface area contributed by atoms with Gasteiger partial charge >= 0.3 is 0 Å². The van der Waals surface area contributed by atoms with E-state index in [-0.39, 0.29) is 5.91 Å².